The summed E-state index contributed by atoms with van der Waals surface area (Å²) in [6.45, 7) is 1.49. The van der Waals surface area contributed by atoms with Gasteiger partial charge in [0, 0.05) is 24.0 Å². The minimum atomic E-state index is -3.80. The molecular formula is C31H36ClN3O4S. The van der Waals surface area contributed by atoms with E-state index in [9.17, 15) is 18.0 Å². The van der Waals surface area contributed by atoms with Crippen molar-refractivity contribution in [3.8, 4) is 0 Å². The number of aryl methyl sites for hydroxylation is 1. The monoisotopic (exact) mass is 581 g/mol. The first kappa shape index (κ1) is 29.6. The second-order valence-electron chi connectivity index (χ2n) is 10.4. The number of rotatable bonds is 11. The molecule has 0 saturated heterocycles. The molecule has 1 saturated carbocycles. The fourth-order valence-electron chi connectivity index (χ4n) is 5.15. The summed E-state index contributed by atoms with van der Waals surface area (Å²) in [6, 6.07) is 22.9. The molecule has 0 bridgehead atoms. The Morgan fingerprint density at radius 2 is 1.55 bits per heavy atom. The molecule has 212 valence electrons. The number of halogens is 1. The predicted octanol–water partition coefficient (Wildman–Crippen LogP) is 5.11. The van der Waals surface area contributed by atoms with Gasteiger partial charge in [-0.25, -0.2) is 8.42 Å². The Bertz CT molecular complexity index is 1410. The van der Waals surface area contributed by atoms with Gasteiger partial charge in [-0.15, -0.1) is 0 Å². The van der Waals surface area contributed by atoms with Gasteiger partial charge in [0.1, 0.15) is 12.6 Å². The van der Waals surface area contributed by atoms with E-state index in [1.165, 1.54) is 4.90 Å². The van der Waals surface area contributed by atoms with Gasteiger partial charge in [0.15, 0.2) is 0 Å². The van der Waals surface area contributed by atoms with E-state index >= 15 is 0 Å². The third kappa shape index (κ3) is 7.86. The Hall–Kier alpha value is -3.36. The van der Waals surface area contributed by atoms with Crippen LogP contribution in [-0.2, 0) is 32.6 Å². The van der Waals surface area contributed by atoms with Crippen LogP contribution in [0.5, 0.6) is 0 Å². The van der Waals surface area contributed by atoms with Crippen molar-refractivity contribution in [2.24, 2.45) is 0 Å². The molecule has 3 aromatic rings. The molecule has 0 aromatic heterocycles. The van der Waals surface area contributed by atoms with Crippen LogP contribution >= 0.6 is 11.6 Å². The molecule has 9 heteroatoms. The van der Waals surface area contributed by atoms with Crippen molar-refractivity contribution in [3.05, 3.63) is 101 Å². The average Bonchev–Trinajstić information content (AvgIpc) is 3.43. The van der Waals surface area contributed by atoms with Crippen LogP contribution in [0, 0.1) is 6.92 Å². The van der Waals surface area contributed by atoms with Gasteiger partial charge >= 0.3 is 0 Å². The fourth-order valence-corrected chi connectivity index (χ4v) is 6.18. The first-order valence-corrected chi connectivity index (χ1v) is 15.8. The molecule has 0 radical (unpaired) electrons. The predicted molar refractivity (Wildman–Crippen MR) is 160 cm³/mol. The normalized spacial score (nSPS) is 14.5. The molecule has 0 unspecified atom stereocenters. The van der Waals surface area contributed by atoms with Crippen molar-refractivity contribution >= 4 is 39.1 Å². The van der Waals surface area contributed by atoms with Crippen molar-refractivity contribution in [2.45, 2.75) is 57.7 Å². The molecule has 4 rings (SSSR count). The third-order valence-electron chi connectivity index (χ3n) is 7.30. The number of benzene rings is 3. The molecule has 0 aliphatic heterocycles. The Labute approximate surface area is 242 Å². The molecule has 1 atom stereocenters. The van der Waals surface area contributed by atoms with E-state index in [0.717, 1.165) is 52.9 Å². The number of anilines is 1. The lowest BCUT2D eigenvalue weighted by molar-refractivity contribution is -0.140. The topological polar surface area (TPSA) is 86.8 Å². The van der Waals surface area contributed by atoms with Crippen molar-refractivity contribution in [1.82, 2.24) is 10.2 Å². The van der Waals surface area contributed by atoms with E-state index in [1.54, 1.807) is 37.3 Å². The summed E-state index contributed by atoms with van der Waals surface area (Å²) >= 11 is 6.11. The number of carbonyl (C=O) groups excluding carboxylic acids is 2. The van der Waals surface area contributed by atoms with Crippen molar-refractivity contribution in [2.75, 3.05) is 17.1 Å². The van der Waals surface area contributed by atoms with Crippen LogP contribution < -0.4 is 9.62 Å². The Kier molecular flexibility index (Phi) is 9.87. The van der Waals surface area contributed by atoms with Gasteiger partial charge in [-0.1, -0.05) is 85.1 Å². The number of para-hydroxylation sites is 1. The standard InChI is InChI=1S/C31H36ClN3O4S/c1-23-10-6-9-15-28(23)35(40(2,38)39)22-30(36)34(21-25-16-18-26(32)19-17-25)29(20-24-11-4-3-5-12-24)31(37)33-27-13-7-8-14-27/h3-6,9-12,15-19,27,29H,7-8,13-14,20-22H2,1-2H3,(H,33,37)/t29-/m0/s1. The number of hydrogen-bond acceptors (Lipinski definition) is 4. The quantitative estimate of drug-likeness (QED) is 0.341. The van der Waals surface area contributed by atoms with Gasteiger partial charge in [-0.3, -0.25) is 13.9 Å². The van der Waals surface area contributed by atoms with E-state index in [0.29, 0.717) is 17.1 Å². The molecule has 3 aromatic carbocycles. The molecular weight excluding hydrogens is 546 g/mol. The van der Waals surface area contributed by atoms with Crippen LogP contribution in [-0.4, -0.2) is 50.0 Å². The molecule has 40 heavy (non-hydrogen) atoms. The lowest BCUT2D eigenvalue weighted by Gasteiger charge is -2.34. The largest absolute Gasteiger partial charge is 0.352 e. The third-order valence-corrected chi connectivity index (χ3v) is 8.68. The summed E-state index contributed by atoms with van der Waals surface area (Å²) < 4.78 is 27.0. The Morgan fingerprint density at radius 1 is 0.925 bits per heavy atom. The van der Waals surface area contributed by atoms with Gasteiger partial charge in [0.2, 0.25) is 21.8 Å². The molecule has 1 aliphatic carbocycles. The number of carbonyl (C=O) groups is 2. The van der Waals surface area contributed by atoms with E-state index in [1.807, 2.05) is 48.5 Å². The van der Waals surface area contributed by atoms with Gasteiger partial charge in [0.25, 0.3) is 0 Å². The van der Waals surface area contributed by atoms with Gasteiger partial charge in [0.05, 0.1) is 11.9 Å². The van der Waals surface area contributed by atoms with Crippen LogP contribution in [0.4, 0.5) is 5.69 Å². The molecule has 7 nitrogen and oxygen atoms in total. The molecule has 2 amide bonds. The maximum Gasteiger partial charge on any atom is 0.244 e. The van der Waals surface area contributed by atoms with Gasteiger partial charge < -0.3 is 10.2 Å². The Balaban J connectivity index is 1.72. The number of hydrogen-bond donors (Lipinski definition) is 1. The second kappa shape index (κ2) is 13.3. The molecule has 0 spiro atoms. The summed E-state index contributed by atoms with van der Waals surface area (Å²) in [7, 11) is -3.80. The summed E-state index contributed by atoms with van der Waals surface area (Å²) in [5, 5.41) is 3.73. The number of nitrogens with one attached hydrogen (secondary N) is 1. The van der Waals surface area contributed by atoms with Crippen LogP contribution in [0.25, 0.3) is 0 Å². The molecule has 1 N–H and O–H groups in total. The number of amides is 2. The summed E-state index contributed by atoms with van der Waals surface area (Å²) in [4.78, 5) is 29.5. The molecule has 1 fully saturated rings. The summed E-state index contributed by atoms with van der Waals surface area (Å²) in [6.07, 6.45) is 5.31. The lowest BCUT2D eigenvalue weighted by Crippen LogP contribution is -2.54. The highest BCUT2D eigenvalue weighted by Gasteiger charge is 2.34. The van der Waals surface area contributed by atoms with E-state index in [2.05, 4.69) is 5.32 Å². The number of nitrogens with zero attached hydrogens (tertiary/aromatic N) is 2. The van der Waals surface area contributed by atoms with Crippen LogP contribution in [0.1, 0.15) is 42.4 Å². The zero-order chi connectivity index (χ0) is 28.7. The SMILES string of the molecule is Cc1ccccc1N(CC(=O)N(Cc1ccc(Cl)cc1)[C@@H](Cc1ccccc1)C(=O)NC1CCCC1)S(C)(=O)=O. The number of sulfonamides is 1. The van der Waals surface area contributed by atoms with E-state index in [-0.39, 0.29) is 18.5 Å². The molecule has 0 heterocycles. The second-order valence-corrected chi connectivity index (χ2v) is 12.7. The van der Waals surface area contributed by atoms with Crippen LogP contribution in [0.3, 0.4) is 0 Å². The van der Waals surface area contributed by atoms with Gasteiger partial charge in [-0.2, -0.15) is 0 Å². The zero-order valence-corrected chi connectivity index (χ0v) is 24.5. The van der Waals surface area contributed by atoms with Gasteiger partial charge in [-0.05, 0) is 54.7 Å². The molecule has 1 aliphatic rings. The zero-order valence-electron chi connectivity index (χ0n) is 22.9. The summed E-state index contributed by atoms with van der Waals surface area (Å²) in [5.74, 6) is -0.703. The lowest BCUT2D eigenvalue weighted by atomic mass is 10.0. The van der Waals surface area contributed by atoms with Crippen LogP contribution in [0.2, 0.25) is 5.02 Å². The maximum atomic E-state index is 14.1. The van der Waals surface area contributed by atoms with E-state index < -0.39 is 28.5 Å². The smallest absolute Gasteiger partial charge is 0.244 e. The van der Waals surface area contributed by atoms with E-state index in [4.69, 9.17) is 11.6 Å². The van der Waals surface area contributed by atoms with Crippen LogP contribution in [0.15, 0.2) is 78.9 Å². The average molecular weight is 582 g/mol. The first-order chi connectivity index (χ1) is 19.1. The highest BCUT2D eigenvalue weighted by molar-refractivity contribution is 7.92. The Morgan fingerprint density at radius 3 is 2.17 bits per heavy atom. The fraction of sp³-hybridized carbons (Fsp3) is 0.355. The first-order valence-electron chi connectivity index (χ1n) is 13.5. The van der Waals surface area contributed by atoms with Crippen molar-refractivity contribution in [1.29, 1.82) is 0 Å². The van der Waals surface area contributed by atoms with Crippen molar-refractivity contribution < 1.29 is 18.0 Å². The maximum absolute atomic E-state index is 14.1. The highest BCUT2D eigenvalue weighted by atomic mass is 35.5. The highest BCUT2D eigenvalue weighted by Crippen LogP contribution is 2.24. The minimum absolute atomic E-state index is 0.0674. The summed E-state index contributed by atoms with van der Waals surface area (Å²) in [5.41, 5.74) is 2.85. The minimum Gasteiger partial charge on any atom is -0.352 e. The van der Waals surface area contributed by atoms with Crippen molar-refractivity contribution in [3.63, 3.8) is 0 Å².